The van der Waals surface area contributed by atoms with E-state index in [0.29, 0.717) is 17.6 Å². The Morgan fingerprint density at radius 3 is 2.64 bits per heavy atom. The highest BCUT2D eigenvalue weighted by Crippen LogP contribution is 2.46. The van der Waals surface area contributed by atoms with E-state index in [1.54, 1.807) is 6.20 Å². The van der Waals surface area contributed by atoms with Crippen molar-refractivity contribution in [2.45, 2.75) is 24.8 Å². The summed E-state index contributed by atoms with van der Waals surface area (Å²) in [5, 5.41) is 7.03. The normalized spacial score (nSPS) is 19.6. The van der Waals surface area contributed by atoms with Crippen LogP contribution in [-0.4, -0.2) is 75.8 Å². The van der Waals surface area contributed by atoms with Gasteiger partial charge in [0.05, 0.1) is 49.2 Å². The zero-order valence-electron chi connectivity index (χ0n) is 18.1. The van der Waals surface area contributed by atoms with Crippen molar-refractivity contribution in [2.24, 2.45) is 0 Å². The van der Waals surface area contributed by atoms with Crippen molar-refractivity contribution >= 4 is 28.7 Å². The number of anilines is 3. The molecule has 172 valence electrons. The molecule has 1 aliphatic carbocycles. The van der Waals surface area contributed by atoms with Crippen molar-refractivity contribution in [3.05, 3.63) is 41.7 Å². The lowest BCUT2D eigenvalue weighted by Crippen LogP contribution is -2.56. The number of nitrogen functional groups attached to an aromatic ring is 1. The summed E-state index contributed by atoms with van der Waals surface area (Å²) in [6, 6.07) is 0.516. The summed E-state index contributed by atoms with van der Waals surface area (Å²) in [4.78, 5) is 26.5. The summed E-state index contributed by atoms with van der Waals surface area (Å²) in [6.45, 7) is 5.24. The van der Waals surface area contributed by atoms with E-state index in [9.17, 15) is 9.18 Å². The number of ether oxygens (including phenoxy) is 1. The molecule has 0 unspecified atom stereocenters. The SMILES string of the molecule is Nc1nn2cc(F)cnc2c1C(=O)Nc1cncc(C2CC2)c1N1CCN(C2COC2)CC1. The molecule has 3 aromatic rings. The predicted octanol–water partition coefficient (Wildman–Crippen LogP) is 1.50. The maximum Gasteiger partial charge on any atom is 0.263 e. The first-order valence-electron chi connectivity index (χ1n) is 11.2. The van der Waals surface area contributed by atoms with Gasteiger partial charge in [0.1, 0.15) is 5.56 Å². The molecular formula is C22H25FN8O2. The number of fused-ring (bicyclic) bond motifs is 1. The summed E-state index contributed by atoms with van der Waals surface area (Å²) >= 11 is 0. The standard InChI is InChI=1S/C22H25FN8O2/c23-14-7-26-21-18(20(24)28-31(21)10-14)22(32)27-17-9-25-8-16(13-1-2-13)19(17)30-5-3-29(4-6-30)15-11-33-12-15/h7-10,13,15H,1-6,11-12H2,(H2,24,28)(H,27,32). The Labute approximate surface area is 189 Å². The molecule has 2 saturated heterocycles. The molecular weight excluding hydrogens is 427 g/mol. The third kappa shape index (κ3) is 3.66. The van der Waals surface area contributed by atoms with Crippen LogP contribution < -0.4 is 16.0 Å². The number of piperazine rings is 1. The molecule has 1 saturated carbocycles. The van der Waals surface area contributed by atoms with Crippen molar-refractivity contribution < 1.29 is 13.9 Å². The maximum atomic E-state index is 13.5. The number of halogens is 1. The molecule has 1 amide bonds. The number of hydrogen-bond donors (Lipinski definition) is 2. The smallest absolute Gasteiger partial charge is 0.263 e. The highest BCUT2D eigenvalue weighted by molar-refractivity contribution is 6.12. The Morgan fingerprint density at radius 2 is 1.94 bits per heavy atom. The molecule has 0 aromatic carbocycles. The van der Waals surface area contributed by atoms with Gasteiger partial charge in [-0.3, -0.25) is 14.7 Å². The van der Waals surface area contributed by atoms with E-state index in [1.165, 1.54) is 10.1 Å². The van der Waals surface area contributed by atoms with Gasteiger partial charge in [0.25, 0.3) is 5.91 Å². The Bertz CT molecular complexity index is 1210. The number of aromatic nitrogens is 4. The van der Waals surface area contributed by atoms with Gasteiger partial charge in [0.2, 0.25) is 0 Å². The number of nitrogens with zero attached hydrogens (tertiary/aromatic N) is 6. The summed E-state index contributed by atoms with van der Waals surface area (Å²) < 4.78 is 20.1. The molecule has 0 radical (unpaired) electrons. The lowest BCUT2D eigenvalue weighted by Gasteiger charge is -2.43. The quantitative estimate of drug-likeness (QED) is 0.599. The van der Waals surface area contributed by atoms with Gasteiger partial charge in [-0.05, 0) is 24.3 Å². The monoisotopic (exact) mass is 452 g/mol. The molecule has 2 aliphatic heterocycles. The van der Waals surface area contributed by atoms with Crippen LogP contribution in [-0.2, 0) is 4.74 Å². The number of amides is 1. The molecule has 10 nitrogen and oxygen atoms in total. The Balaban J connectivity index is 1.30. The van der Waals surface area contributed by atoms with Gasteiger partial charge in [0, 0.05) is 32.4 Å². The van der Waals surface area contributed by atoms with Crippen LogP contribution in [0.4, 0.5) is 21.6 Å². The van der Waals surface area contributed by atoms with E-state index in [0.717, 1.165) is 70.3 Å². The minimum absolute atomic E-state index is 0.00483. The third-order valence-corrected chi connectivity index (χ3v) is 6.67. The number of nitrogens with one attached hydrogen (secondary N) is 1. The van der Waals surface area contributed by atoms with Crippen molar-refractivity contribution in [3.63, 3.8) is 0 Å². The van der Waals surface area contributed by atoms with E-state index in [2.05, 4.69) is 30.2 Å². The highest BCUT2D eigenvalue weighted by Gasteiger charge is 2.34. The summed E-state index contributed by atoms with van der Waals surface area (Å²) in [5.74, 6) is -0.542. The molecule has 3 fully saturated rings. The number of carbonyl (C=O) groups is 1. The van der Waals surface area contributed by atoms with Crippen molar-refractivity contribution in [1.29, 1.82) is 0 Å². The fourth-order valence-corrected chi connectivity index (χ4v) is 4.68. The topological polar surface area (TPSA) is 114 Å². The molecule has 11 heteroatoms. The Kier molecular flexibility index (Phi) is 4.88. The van der Waals surface area contributed by atoms with Crippen LogP contribution in [0.1, 0.15) is 34.7 Å². The largest absolute Gasteiger partial charge is 0.381 e. The van der Waals surface area contributed by atoms with Crippen LogP contribution in [0.25, 0.3) is 5.65 Å². The van der Waals surface area contributed by atoms with Gasteiger partial charge in [-0.1, -0.05) is 0 Å². The first kappa shape index (κ1) is 20.3. The van der Waals surface area contributed by atoms with Crippen LogP contribution in [0.2, 0.25) is 0 Å². The zero-order valence-corrected chi connectivity index (χ0v) is 18.1. The Morgan fingerprint density at radius 1 is 1.15 bits per heavy atom. The first-order valence-corrected chi connectivity index (χ1v) is 11.2. The molecule has 5 heterocycles. The molecule has 3 aromatic heterocycles. The summed E-state index contributed by atoms with van der Waals surface area (Å²) in [6.07, 6.45) is 8.04. The molecule has 33 heavy (non-hydrogen) atoms. The summed E-state index contributed by atoms with van der Waals surface area (Å²) in [7, 11) is 0. The van der Waals surface area contributed by atoms with Crippen LogP contribution in [0.15, 0.2) is 24.8 Å². The minimum Gasteiger partial charge on any atom is -0.381 e. The molecule has 3 aliphatic rings. The average Bonchev–Trinajstić information content (AvgIpc) is 3.55. The lowest BCUT2D eigenvalue weighted by molar-refractivity contribution is -0.0660. The molecule has 0 bridgehead atoms. The van der Waals surface area contributed by atoms with E-state index < -0.39 is 11.7 Å². The van der Waals surface area contributed by atoms with Gasteiger partial charge < -0.3 is 20.7 Å². The van der Waals surface area contributed by atoms with Gasteiger partial charge >= 0.3 is 0 Å². The van der Waals surface area contributed by atoms with Gasteiger partial charge in [-0.25, -0.2) is 13.9 Å². The highest BCUT2D eigenvalue weighted by atomic mass is 19.1. The number of rotatable bonds is 5. The fraction of sp³-hybridized carbons (Fsp3) is 0.455. The van der Waals surface area contributed by atoms with Gasteiger partial charge in [0.15, 0.2) is 17.3 Å². The maximum absolute atomic E-state index is 13.5. The van der Waals surface area contributed by atoms with Crippen LogP contribution >= 0.6 is 0 Å². The Hall–Kier alpha value is -3.31. The predicted molar refractivity (Wildman–Crippen MR) is 120 cm³/mol. The van der Waals surface area contributed by atoms with E-state index >= 15 is 0 Å². The summed E-state index contributed by atoms with van der Waals surface area (Å²) in [5.41, 5.74) is 9.15. The lowest BCUT2D eigenvalue weighted by atomic mass is 10.1. The van der Waals surface area contributed by atoms with Gasteiger partial charge in [-0.15, -0.1) is 5.10 Å². The average molecular weight is 452 g/mol. The van der Waals surface area contributed by atoms with Crippen molar-refractivity contribution in [2.75, 3.05) is 55.3 Å². The number of carbonyl (C=O) groups excluding carboxylic acids is 1. The number of pyridine rings is 1. The number of hydrogen-bond acceptors (Lipinski definition) is 8. The van der Waals surface area contributed by atoms with Crippen LogP contribution in [0, 0.1) is 5.82 Å². The van der Waals surface area contributed by atoms with E-state index in [1.807, 2.05) is 6.20 Å². The molecule has 0 spiro atoms. The van der Waals surface area contributed by atoms with E-state index in [4.69, 9.17) is 10.5 Å². The van der Waals surface area contributed by atoms with Crippen molar-refractivity contribution in [3.8, 4) is 0 Å². The zero-order chi connectivity index (χ0) is 22.5. The second kappa shape index (κ2) is 7.92. The van der Waals surface area contributed by atoms with E-state index in [-0.39, 0.29) is 17.0 Å². The third-order valence-electron chi connectivity index (χ3n) is 6.67. The van der Waals surface area contributed by atoms with Crippen molar-refractivity contribution in [1.82, 2.24) is 24.5 Å². The minimum atomic E-state index is -0.562. The number of nitrogens with two attached hydrogens (primary N) is 1. The first-order chi connectivity index (χ1) is 16.1. The van der Waals surface area contributed by atoms with Gasteiger partial charge in [-0.2, -0.15) is 0 Å². The van der Waals surface area contributed by atoms with Crippen LogP contribution in [0.3, 0.4) is 0 Å². The molecule has 3 N–H and O–H groups in total. The second-order valence-corrected chi connectivity index (χ2v) is 8.87. The van der Waals surface area contributed by atoms with Crippen LogP contribution in [0.5, 0.6) is 0 Å². The molecule has 6 rings (SSSR count). The molecule has 0 atom stereocenters. The second-order valence-electron chi connectivity index (χ2n) is 8.87. The fourth-order valence-electron chi connectivity index (χ4n) is 4.68.